The SMILES string of the molecule is CSCCC(Nc1nc(C)cc(C)n1)C(=O)Nc1cccc2[nH]ccc12. The molecule has 1 unspecified atom stereocenters. The van der Waals surface area contributed by atoms with Gasteiger partial charge >= 0.3 is 0 Å². The van der Waals surface area contributed by atoms with Crippen LogP contribution in [0.4, 0.5) is 11.6 Å². The molecule has 0 radical (unpaired) electrons. The minimum Gasteiger partial charge on any atom is -0.361 e. The van der Waals surface area contributed by atoms with Crippen LogP contribution >= 0.6 is 11.8 Å². The summed E-state index contributed by atoms with van der Waals surface area (Å²) in [6, 6.07) is 9.28. The van der Waals surface area contributed by atoms with E-state index in [0.29, 0.717) is 12.4 Å². The molecule has 2 aromatic heterocycles. The number of amides is 1. The van der Waals surface area contributed by atoms with Crippen molar-refractivity contribution in [2.45, 2.75) is 26.3 Å². The maximum Gasteiger partial charge on any atom is 0.247 e. The summed E-state index contributed by atoms with van der Waals surface area (Å²) in [4.78, 5) is 24.9. The first kappa shape index (κ1) is 18.3. The Balaban J connectivity index is 1.80. The van der Waals surface area contributed by atoms with Crippen LogP contribution in [0.3, 0.4) is 0 Å². The molecular formula is C19H23N5OS. The quantitative estimate of drug-likeness (QED) is 0.591. The molecule has 6 nitrogen and oxygen atoms in total. The van der Waals surface area contributed by atoms with Crippen molar-refractivity contribution in [1.82, 2.24) is 15.0 Å². The van der Waals surface area contributed by atoms with Crippen LogP contribution in [-0.4, -0.2) is 38.9 Å². The minimum atomic E-state index is -0.405. The van der Waals surface area contributed by atoms with E-state index in [1.54, 1.807) is 11.8 Å². The van der Waals surface area contributed by atoms with Gasteiger partial charge in [0.1, 0.15) is 6.04 Å². The van der Waals surface area contributed by atoms with Gasteiger partial charge in [0, 0.05) is 28.5 Å². The van der Waals surface area contributed by atoms with E-state index in [2.05, 4.69) is 25.6 Å². The van der Waals surface area contributed by atoms with Gasteiger partial charge in [-0.25, -0.2) is 9.97 Å². The van der Waals surface area contributed by atoms with Gasteiger partial charge in [0.05, 0.1) is 5.69 Å². The number of carbonyl (C=O) groups excluding carboxylic acids is 1. The van der Waals surface area contributed by atoms with Crippen molar-refractivity contribution in [3.05, 3.63) is 47.9 Å². The molecule has 0 aliphatic heterocycles. The zero-order chi connectivity index (χ0) is 18.5. The second-order valence-corrected chi connectivity index (χ2v) is 7.17. The number of benzene rings is 1. The summed E-state index contributed by atoms with van der Waals surface area (Å²) in [6.07, 6.45) is 4.59. The Labute approximate surface area is 157 Å². The third-order valence-corrected chi connectivity index (χ3v) is 4.71. The van der Waals surface area contributed by atoms with Gasteiger partial charge in [-0.15, -0.1) is 0 Å². The lowest BCUT2D eigenvalue weighted by Gasteiger charge is -2.19. The summed E-state index contributed by atoms with van der Waals surface area (Å²) < 4.78 is 0. The lowest BCUT2D eigenvalue weighted by molar-refractivity contribution is -0.116. The van der Waals surface area contributed by atoms with Crippen LogP contribution in [0.15, 0.2) is 36.5 Å². The molecule has 3 aromatic rings. The first-order valence-electron chi connectivity index (χ1n) is 8.51. The number of nitrogens with one attached hydrogen (secondary N) is 3. The standard InChI is InChI=1S/C19H23N5OS/c1-12-11-13(2)22-19(21-12)24-17(8-10-26-3)18(25)23-16-6-4-5-15-14(16)7-9-20-15/h4-7,9,11,17,20H,8,10H2,1-3H3,(H,23,25)(H,21,22,24). The number of nitrogens with zero attached hydrogens (tertiary/aromatic N) is 2. The number of rotatable bonds is 7. The van der Waals surface area contributed by atoms with Crippen LogP contribution in [0, 0.1) is 13.8 Å². The van der Waals surface area contributed by atoms with Gasteiger partial charge in [-0.3, -0.25) is 4.79 Å². The molecule has 0 fully saturated rings. The zero-order valence-corrected chi connectivity index (χ0v) is 16.0. The summed E-state index contributed by atoms with van der Waals surface area (Å²) in [6.45, 7) is 3.84. The number of thioether (sulfide) groups is 1. The van der Waals surface area contributed by atoms with Crippen LogP contribution in [-0.2, 0) is 4.79 Å². The maximum absolute atomic E-state index is 12.9. The molecule has 0 saturated carbocycles. The van der Waals surface area contributed by atoms with Crippen LogP contribution in [0.2, 0.25) is 0 Å². The minimum absolute atomic E-state index is 0.0875. The highest BCUT2D eigenvalue weighted by atomic mass is 32.2. The molecule has 7 heteroatoms. The van der Waals surface area contributed by atoms with Crippen molar-refractivity contribution >= 4 is 40.2 Å². The summed E-state index contributed by atoms with van der Waals surface area (Å²) in [5.41, 5.74) is 3.54. The van der Waals surface area contributed by atoms with Gasteiger partial charge in [0.2, 0.25) is 11.9 Å². The lowest BCUT2D eigenvalue weighted by Crippen LogP contribution is -2.36. The van der Waals surface area contributed by atoms with E-state index < -0.39 is 6.04 Å². The molecule has 3 rings (SSSR count). The Morgan fingerprint density at radius 2 is 2.00 bits per heavy atom. The molecule has 3 N–H and O–H groups in total. The predicted molar refractivity (Wildman–Crippen MR) is 109 cm³/mol. The van der Waals surface area contributed by atoms with Gasteiger partial charge < -0.3 is 15.6 Å². The molecule has 1 atom stereocenters. The van der Waals surface area contributed by atoms with Crippen LogP contribution in [0.5, 0.6) is 0 Å². The normalized spacial score (nSPS) is 12.1. The Morgan fingerprint density at radius 3 is 2.73 bits per heavy atom. The second-order valence-electron chi connectivity index (χ2n) is 6.19. The van der Waals surface area contributed by atoms with Crippen molar-refractivity contribution < 1.29 is 4.79 Å². The van der Waals surface area contributed by atoms with Crippen molar-refractivity contribution in [3.8, 4) is 0 Å². The Kier molecular flexibility index (Phi) is 5.78. The summed E-state index contributed by atoms with van der Waals surface area (Å²) >= 11 is 1.71. The van der Waals surface area contributed by atoms with Crippen LogP contribution < -0.4 is 10.6 Å². The second kappa shape index (κ2) is 8.23. The molecule has 0 saturated heterocycles. The summed E-state index contributed by atoms with van der Waals surface area (Å²) in [5, 5.41) is 7.24. The van der Waals surface area contributed by atoms with E-state index in [-0.39, 0.29) is 5.91 Å². The fraction of sp³-hybridized carbons (Fsp3) is 0.316. The number of aromatic nitrogens is 3. The van der Waals surface area contributed by atoms with E-state index >= 15 is 0 Å². The summed E-state index contributed by atoms with van der Waals surface area (Å²) in [7, 11) is 0. The van der Waals surface area contributed by atoms with E-state index in [9.17, 15) is 4.79 Å². The largest absolute Gasteiger partial charge is 0.361 e. The zero-order valence-electron chi connectivity index (χ0n) is 15.2. The van der Waals surface area contributed by atoms with Crippen LogP contribution in [0.1, 0.15) is 17.8 Å². The van der Waals surface area contributed by atoms with Gasteiger partial charge in [0.25, 0.3) is 0 Å². The number of aryl methyl sites for hydroxylation is 2. The molecule has 0 aliphatic rings. The lowest BCUT2D eigenvalue weighted by atomic mass is 10.1. The van der Waals surface area contributed by atoms with Gasteiger partial charge in [-0.05, 0) is 56.5 Å². The topological polar surface area (TPSA) is 82.7 Å². The Morgan fingerprint density at radius 1 is 1.23 bits per heavy atom. The fourth-order valence-corrected chi connectivity index (χ4v) is 3.34. The highest BCUT2D eigenvalue weighted by Crippen LogP contribution is 2.22. The Bertz CT molecular complexity index is 888. The first-order chi connectivity index (χ1) is 12.6. The average Bonchev–Trinajstić information content (AvgIpc) is 3.07. The number of H-pyrrole nitrogens is 1. The smallest absolute Gasteiger partial charge is 0.247 e. The molecule has 2 heterocycles. The van der Waals surface area contributed by atoms with Crippen molar-refractivity contribution in [2.75, 3.05) is 22.6 Å². The first-order valence-corrected chi connectivity index (χ1v) is 9.91. The molecule has 1 amide bonds. The molecule has 1 aromatic carbocycles. The Hall–Kier alpha value is -2.54. The van der Waals surface area contributed by atoms with Crippen molar-refractivity contribution in [1.29, 1.82) is 0 Å². The number of hydrogen-bond acceptors (Lipinski definition) is 5. The molecule has 0 spiro atoms. The predicted octanol–water partition coefficient (Wildman–Crippen LogP) is 3.75. The van der Waals surface area contributed by atoms with E-state index in [1.165, 1.54) is 0 Å². The number of carbonyl (C=O) groups is 1. The van der Waals surface area contributed by atoms with Gasteiger partial charge in [0.15, 0.2) is 0 Å². The number of hydrogen-bond donors (Lipinski definition) is 3. The van der Waals surface area contributed by atoms with Crippen LogP contribution in [0.25, 0.3) is 10.9 Å². The molecule has 136 valence electrons. The highest BCUT2D eigenvalue weighted by molar-refractivity contribution is 7.98. The monoisotopic (exact) mass is 369 g/mol. The van der Waals surface area contributed by atoms with E-state index in [1.807, 2.05) is 56.6 Å². The number of anilines is 2. The molecule has 0 bridgehead atoms. The maximum atomic E-state index is 12.9. The van der Waals surface area contributed by atoms with E-state index in [4.69, 9.17) is 0 Å². The van der Waals surface area contributed by atoms with E-state index in [0.717, 1.165) is 33.7 Å². The third kappa shape index (κ3) is 4.35. The third-order valence-electron chi connectivity index (χ3n) is 4.07. The van der Waals surface area contributed by atoms with Gasteiger partial charge in [-0.1, -0.05) is 6.07 Å². The highest BCUT2D eigenvalue weighted by Gasteiger charge is 2.20. The molecule has 26 heavy (non-hydrogen) atoms. The van der Waals surface area contributed by atoms with Crippen molar-refractivity contribution in [2.24, 2.45) is 0 Å². The molecular weight excluding hydrogens is 346 g/mol. The summed E-state index contributed by atoms with van der Waals surface area (Å²) in [5.74, 6) is 1.27. The fourth-order valence-electron chi connectivity index (χ4n) is 2.87. The van der Waals surface area contributed by atoms with Gasteiger partial charge in [-0.2, -0.15) is 11.8 Å². The average molecular weight is 369 g/mol. The van der Waals surface area contributed by atoms with Crippen molar-refractivity contribution in [3.63, 3.8) is 0 Å². The number of fused-ring (bicyclic) bond motifs is 1. The molecule has 0 aliphatic carbocycles. The number of aromatic amines is 1.